The monoisotopic (exact) mass is 337 g/mol. The zero-order valence-corrected chi connectivity index (χ0v) is 13.4. The van der Waals surface area contributed by atoms with E-state index >= 15 is 0 Å². The summed E-state index contributed by atoms with van der Waals surface area (Å²) in [4.78, 5) is 32.9. The summed E-state index contributed by atoms with van der Waals surface area (Å²) in [7, 11) is 0. The van der Waals surface area contributed by atoms with Gasteiger partial charge in [-0.2, -0.15) is 5.10 Å². The highest BCUT2D eigenvalue weighted by atomic mass is 16.6. The predicted molar refractivity (Wildman–Crippen MR) is 82.7 cm³/mol. The van der Waals surface area contributed by atoms with E-state index in [-0.39, 0.29) is 24.0 Å². The number of carbonyl (C=O) groups excluding carboxylic acids is 2. The number of hydrazone groups is 1. The molecule has 0 aliphatic heterocycles. The molecule has 0 heterocycles. The molecule has 0 aliphatic rings. The molecule has 0 bridgehead atoms. The smallest absolute Gasteiger partial charge is 0.329 e. The highest BCUT2D eigenvalue weighted by Gasteiger charge is 2.14. The Morgan fingerprint density at radius 2 is 2.04 bits per heavy atom. The molecular weight excluding hydrogens is 320 g/mol. The Hall–Kier alpha value is -3.17. The Balaban J connectivity index is 2.92. The summed E-state index contributed by atoms with van der Waals surface area (Å²) in [6, 6.07) is 2.03. The highest BCUT2D eigenvalue weighted by Crippen LogP contribution is 2.34. The zero-order valence-electron chi connectivity index (χ0n) is 13.4. The molecule has 0 aliphatic carbocycles. The van der Waals surface area contributed by atoms with Gasteiger partial charge in [-0.3, -0.25) is 19.7 Å². The molecule has 0 atom stereocenters. The van der Waals surface area contributed by atoms with E-state index in [2.05, 4.69) is 10.4 Å². The van der Waals surface area contributed by atoms with E-state index in [1.807, 2.05) is 5.43 Å². The van der Waals surface area contributed by atoms with Crippen LogP contribution in [0, 0.1) is 10.1 Å². The third-order valence-electron chi connectivity index (χ3n) is 2.56. The largest absolute Gasteiger partial charge is 0.865 e. The number of nitro groups is 1. The third-order valence-corrected chi connectivity index (χ3v) is 2.56. The summed E-state index contributed by atoms with van der Waals surface area (Å²) >= 11 is 0. The van der Waals surface area contributed by atoms with Crippen molar-refractivity contribution in [2.24, 2.45) is 5.10 Å². The number of carbonyl (C=O) groups is 2. The maximum Gasteiger partial charge on any atom is 0.329 e. The van der Waals surface area contributed by atoms with E-state index in [4.69, 9.17) is 4.74 Å². The van der Waals surface area contributed by atoms with E-state index in [1.165, 1.54) is 6.07 Å². The maximum absolute atomic E-state index is 11.8. The van der Waals surface area contributed by atoms with Crippen LogP contribution in [0.2, 0.25) is 0 Å². The van der Waals surface area contributed by atoms with E-state index in [0.717, 1.165) is 12.3 Å². The van der Waals surface area contributed by atoms with Gasteiger partial charge in [0.15, 0.2) is 0 Å². The number of hydrogen-bond acceptors (Lipinski definition) is 7. The minimum Gasteiger partial charge on any atom is -0.865 e. The van der Waals surface area contributed by atoms with Crippen LogP contribution >= 0.6 is 0 Å². The van der Waals surface area contributed by atoms with Crippen LogP contribution in [0.15, 0.2) is 17.2 Å². The number of ether oxygens (including phenoxy) is 1. The van der Waals surface area contributed by atoms with Crippen molar-refractivity contribution < 1.29 is 24.4 Å². The minimum atomic E-state index is -0.986. The fraction of sp³-hybridized carbons (Fsp3) is 0.357. The molecule has 0 saturated carbocycles. The average Bonchev–Trinajstić information content (AvgIpc) is 2.49. The normalized spacial score (nSPS) is 10.7. The molecule has 0 saturated heterocycles. The second-order valence-electron chi connectivity index (χ2n) is 4.88. The fourth-order valence-corrected chi connectivity index (χ4v) is 1.63. The molecule has 130 valence electrons. The fourth-order valence-electron chi connectivity index (χ4n) is 1.63. The number of nitrogens with one attached hydrogen (secondary N) is 2. The predicted octanol–water partition coefficient (Wildman–Crippen LogP) is 0.0418. The Morgan fingerprint density at radius 1 is 1.38 bits per heavy atom. The molecule has 1 aromatic rings. The molecule has 0 radical (unpaired) electrons. The van der Waals surface area contributed by atoms with Crippen molar-refractivity contribution in [2.75, 3.05) is 6.61 Å². The molecule has 2 N–H and O–H groups in total. The van der Waals surface area contributed by atoms with Crippen molar-refractivity contribution >= 4 is 23.7 Å². The summed E-state index contributed by atoms with van der Waals surface area (Å²) in [6.45, 7) is 5.15. The van der Waals surface area contributed by atoms with Crippen molar-refractivity contribution in [1.29, 1.82) is 0 Å². The van der Waals surface area contributed by atoms with Crippen LogP contribution in [-0.2, 0) is 9.59 Å². The van der Waals surface area contributed by atoms with Crippen molar-refractivity contribution in [3.05, 3.63) is 27.8 Å². The molecular formula is C14H17N4O6-. The Morgan fingerprint density at radius 3 is 2.58 bits per heavy atom. The number of benzene rings is 1. The molecule has 10 heteroatoms. The summed E-state index contributed by atoms with van der Waals surface area (Å²) in [5.41, 5.74) is 1.47. The van der Waals surface area contributed by atoms with Gasteiger partial charge in [-0.15, -0.1) is 0 Å². The number of nitro benzene ring substituents is 1. The van der Waals surface area contributed by atoms with Gasteiger partial charge in [0.25, 0.3) is 5.69 Å². The minimum absolute atomic E-state index is 0.152. The lowest BCUT2D eigenvalue weighted by Gasteiger charge is -2.14. The highest BCUT2D eigenvalue weighted by molar-refractivity contribution is 6.35. The molecule has 0 unspecified atom stereocenters. The zero-order chi connectivity index (χ0) is 18.3. The van der Waals surface area contributed by atoms with Crippen LogP contribution in [0.4, 0.5) is 5.69 Å². The van der Waals surface area contributed by atoms with Crippen LogP contribution in [0.1, 0.15) is 26.3 Å². The lowest BCUT2D eigenvalue weighted by Crippen LogP contribution is -2.41. The summed E-state index contributed by atoms with van der Waals surface area (Å²) in [6.07, 6.45) is 1.06. The van der Waals surface area contributed by atoms with Gasteiger partial charge in [-0.25, -0.2) is 5.43 Å². The van der Waals surface area contributed by atoms with E-state index in [0.29, 0.717) is 0 Å². The van der Waals surface area contributed by atoms with Crippen molar-refractivity contribution in [1.82, 2.24) is 10.7 Å². The van der Waals surface area contributed by atoms with E-state index in [1.54, 1.807) is 20.8 Å². The van der Waals surface area contributed by atoms with E-state index < -0.39 is 28.2 Å². The third kappa shape index (κ3) is 5.23. The van der Waals surface area contributed by atoms with Gasteiger partial charge in [-0.05, 0) is 26.8 Å². The molecule has 0 aromatic heterocycles. The molecule has 24 heavy (non-hydrogen) atoms. The van der Waals surface area contributed by atoms with Gasteiger partial charge >= 0.3 is 11.8 Å². The maximum atomic E-state index is 11.8. The lowest BCUT2D eigenvalue weighted by atomic mass is 10.2. The average molecular weight is 337 g/mol. The van der Waals surface area contributed by atoms with Gasteiger partial charge in [0.2, 0.25) is 0 Å². The Bertz CT molecular complexity index is 671. The number of rotatable bonds is 6. The van der Waals surface area contributed by atoms with Crippen molar-refractivity contribution in [2.45, 2.75) is 26.8 Å². The molecule has 10 nitrogen and oxygen atoms in total. The number of amides is 2. The molecule has 0 fully saturated rings. The van der Waals surface area contributed by atoms with Crippen LogP contribution in [0.5, 0.6) is 11.5 Å². The van der Waals surface area contributed by atoms with Gasteiger partial charge in [0.1, 0.15) is 5.75 Å². The first-order chi connectivity index (χ1) is 11.3. The number of hydrogen-bond donors (Lipinski definition) is 2. The standard InChI is InChI=1S/C14H18N4O6/c1-4-24-11-6-9(5-10(12(11)19)18(22)23)7-15-17-14(21)13(20)16-8(2)3/h5-8,19H,4H2,1-3H3,(H,16,20)(H,17,21)/p-1/b15-7-. The quantitative estimate of drug-likeness (QED) is 0.324. The van der Waals surface area contributed by atoms with Gasteiger partial charge in [0.05, 0.1) is 17.7 Å². The van der Waals surface area contributed by atoms with Gasteiger partial charge in [0, 0.05) is 23.4 Å². The topological polar surface area (TPSA) is 146 Å². The second-order valence-corrected chi connectivity index (χ2v) is 4.88. The first-order valence-electron chi connectivity index (χ1n) is 7.02. The number of nitrogens with zero attached hydrogens (tertiary/aromatic N) is 2. The Kier molecular flexibility index (Phi) is 6.65. The van der Waals surface area contributed by atoms with Gasteiger partial charge < -0.3 is 15.2 Å². The van der Waals surface area contributed by atoms with Crippen LogP contribution < -0.4 is 20.6 Å². The first kappa shape index (κ1) is 18.9. The molecule has 1 aromatic carbocycles. The van der Waals surface area contributed by atoms with Gasteiger partial charge in [-0.1, -0.05) is 0 Å². The summed E-state index contributed by atoms with van der Waals surface area (Å²) in [5, 5.41) is 28.6. The summed E-state index contributed by atoms with van der Waals surface area (Å²) in [5.74, 6) is -2.89. The Labute approximate surface area is 137 Å². The summed E-state index contributed by atoms with van der Waals surface area (Å²) < 4.78 is 5.05. The van der Waals surface area contributed by atoms with Crippen LogP contribution in [0.25, 0.3) is 0 Å². The lowest BCUT2D eigenvalue weighted by molar-refractivity contribution is -0.398. The van der Waals surface area contributed by atoms with Crippen molar-refractivity contribution in [3.63, 3.8) is 0 Å². The molecule has 1 rings (SSSR count). The van der Waals surface area contributed by atoms with Crippen LogP contribution in [-0.4, -0.2) is 35.6 Å². The SMILES string of the molecule is CCOc1cc(/C=N\NC(=O)C(=O)NC(C)C)cc([N+](=O)[O-])c1[O-]. The van der Waals surface area contributed by atoms with Crippen LogP contribution in [0.3, 0.4) is 0 Å². The first-order valence-corrected chi connectivity index (χ1v) is 7.02. The van der Waals surface area contributed by atoms with E-state index in [9.17, 15) is 24.8 Å². The van der Waals surface area contributed by atoms with Crippen molar-refractivity contribution in [3.8, 4) is 11.5 Å². The second kappa shape index (κ2) is 8.46. The molecule has 0 spiro atoms. The molecule has 2 amide bonds.